The molecule has 2 fully saturated rings. The minimum atomic E-state index is -0.942. The third-order valence-corrected chi connectivity index (χ3v) is 6.16. The number of anilines is 1. The van der Waals surface area contributed by atoms with Gasteiger partial charge in [-0.3, -0.25) is 9.69 Å². The van der Waals surface area contributed by atoms with E-state index in [1.165, 1.54) is 0 Å². The molecule has 0 N–H and O–H groups in total. The predicted octanol–water partition coefficient (Wildman–Crippen LogP) is 3.45. The molecule has 0 saturated carbocycles. The molecule has 0 radical (unpaired) electrons. The average molecular weight is 467 g/mol. The standard InChI is InChI=1S/C24H23ClN4O4/c25-19-5-7-20(8-6-19)29-15-24(33-23(29)31)14-28(11-12-32-16-24)22(30)21-4-2-1-3-18(21)13-27-10-9-26-17-27/h1-10,17H,11-16H2. The molecular formula is C24H23ClN4O4. The Kier molecular flexibility index (Phi) is 5.78. The van der Waals surface area contributed by atoms with Crippen LogP contribution in [0.15, 0.2) is 67.3 Å². The molecule has 8 nitrogen and oxygen atoms in total. The maximum atomic E-state index is 13.6. The van der Waals surface area contributed by atoms with Crippen molar-refractivity contribution in [2.75, 3.05) is 37.7 Å². The van der Waals surface area contributed by atoms with E-state index in [-0.39, 0.29) is 25.6 Å². The van der Waals surface area contributed by atoms with Gasteiger partial charge in [0.1, 0.15) is 0 Å². The van der Waals surface area contributed by atoms with Crippen molar-refractivity contribution in [2.24, 2.45) is 0 Å². The smallest absolute Gasteiger partial charge is 0.415 e. The summed E-state index contributed by atoms with van der Waals surface area (Å²) in [6.45, 7) is 2.09. The molecule has 1 aromatic heterocycles. The highest BCUT2D eigenvalue weighted by atomic mass is 35.5. The van der Waals surface area contributed by atoms with Crippen molar-refractivity contribution < 1.29 is 19.1 Å². The van der Waals surface area contributed by atoms with Gasteiger partial charge >= 0.3 is 6.09 Å². The van der Waals surface area contributed by atoms with E-state index in [4.69, 9.17) is 21.1 Å². The van der Waals surface area contributed by atoms with Crippen LogP contribution in [-0.4, -0.2) is 64.9 Å². The van der Waals surface area contributed by atoms with Crippen LogP contribution in [0.5, 0.6) is 0 Å². The Morgan fingerprint density at radius 2 is 1.94 bits per heavy atom. The molecule has 1 unspecified atom stereocenters. The number of amides is 2. The topological polar surface area (TPSA) is 76.9 Å². The van der Waals surface area contributed by atoms with Crippen molar-refractivity contribution in [1.29, 1.82) is 0 Å². The molecule has 5 rings (SSSR count). The largest absolute Gasteiger partial charge is 0.436 e. The molecule has 0 bridgehead atoms. The third kappa shape index (κ3) is 4.44. The fourth-order valence-corrected chi connectivity index (χ4v) is 4.42. The van der Waals surface area contributed by atoms with Gasteiger partial charge in [0, 0.05) is 41.8 Å². The number of hydrogen-bond acceptors (Lipinski definition) is 5. The maximum Gasteiger partial charge on any atom is 0.415 e. The summed E-state index contributed by atoms with van der Waals surface area (Å²) in [4.78, 5) is 33.7. The van der Waals surface area contributed by atoms with Gasteiger partial charge in [0.2, 0.25) is 0 Å². The van der Waals surface area contributed by atoms with E-state index in [2.05, 4.69) is 4.98 Å². The summed E-state index contributed by atoms with van der Waals surface area (Å²) >= 11 is 5.98. The van der Waals surface area contributed by atoms with Gasteiger partial charge in [-0.2, -0.15) is 0 Å². The molecule has 3 aromatic rings. The molecule has 1 spiro atoms. The number of rotatable bonds is 4. The second-order valence-electron chi connectivity index (χ2n) is 8.29. The summed E-state index contributed by atoms with van der Waals surface area (Å²) in [6.07, 6.45) is 4.83. The fourth-order valence-electron chi connectivity index (χ4n) is 4.29. The van der Waals surface area contributed by atoms with Crippen LogP contribution in [-0.2, 0) is 16.0 Å². The minimum absolute atomic E-state index is 0.114. The highest BCUT2D eigenvalue weighted by Gasteiger charge is 2.49. The average Bonchev–Trinajstić information content (AvgIpc) is 3.38. The second-order valence-corrected chi connectivity index (χ2v) is 8.72. The number of halogens is 1. The van der Waals surface area contributed by atoms with Crippen molar-refractivity contribution in [2.45, 2.75) is 12.1 Å². The first-order chi connectivity index (χ1) is 16.0. The van der Waals surface area contributed by atoms with E-state index in [0.29, 0.717) is 36.0 Å². The Bertz CT molecular complexity index is 1150. The summed E-state index contributed by atoms with van der Waals surface area (Å²) in [7, 11) is 0. The van der Waals surface area contributed by atoms with Gasteiger partial charge in [-0.1, -0.05) is 29.8 Å². The molecule has 3 heterocycles. The van der Waals surface area contributed by atoms with E-state index in [0.717, 1.165) is 5.56 Å². The molecular weight excluding hydrogens is 444 g/mol. The normalized spacial score (nSPS) is 20.7. The molecule has 33 heavy (non-hydrogen) atoms. The van der Waals surface area contributed by atoms with Crippen LogP contribution < -0.4 is 4.90 Å². The van der Waals surface area contributed by atoms with Crippen molar-refractivity contribution in [3.8, 4) is 0 Å². The van der Waals surface area contributed by atoms with Gasteiger partial charge < -0.3 is 18.9 Å². The van der Waals surface area contributed by atoms with Crippen LogP contribution >= 0.6 is 11.6 Å². The number of benzene rings is 2. The van der Waals surface area contributed by atoms with E-state index >= 15 is 0 Å². The van der Waals surface area contributed by atoms with Crippen molar-refractivity contribution >= 4 is 29.3 Å². The molecule has 0 aliphatic carbocycles. The van der Waals surface area contributed by atoms with Gasteiger partial charge in [0.15, 0.2) is 5.60 Å². The number of imidazole rings is 1. The van der Waals surface area contributed by atoms with E-state index < -0.39 is 11.7 Å². The Morgan fingerprint density at radius 3 is 2.73 bits per heavy atom. The molecule has 2 aliphatic heterocycles. The van der Waals surface area contributed by atoms with Crippen LogP contribution in [0.3, 0.4) is 0 Å². The number of aromatic nitrogens is 2. The van der Waals surface area contributed by atoms with Gasteiger partial charge in [-0.15, -0.1) is 0 Å². The lowest BCUT2D eigenvalue weighted by molar-refractivity contribution is -0.0140. The highest BCUT2D eigenvalue weighted by molar-refractivity contribution is 6.30. The number of hydrogen-bond donors (Lipinski definition) is 0. The predicted molar refractivity (Wildman–Crippen MR) is 123 cm³/mol. The summed E-state index contributed by atoms with van der Waals surface area (Å²) in [5, 5.41) is 0.588. The van der Waals surface area contributed by atoms with E-state index in [1.807, 2.05) is 35.0 Å². The number of carbonyl (C=O) groups excluding carboxylic acids is 2. The van der Waals surface area contributed by atoms with Gasteiger partial charge in [-0.05, 0) is 35.9 Å². The summed E-state index contributed by atoms with van der Waals surface area (Å²) < 4.78 is 13.5. The second kappa shape index (κ2) is 8.88. The minimum Gasteiger partial charge on any atom is -0.436 e. The molecule has 2 aromatic carbocycles. The van der Waals surface area contributed by atoms with E-state index in [1.54, 1.807) is 46.6 Å². The monoisotopic (exact) mass is 466 g/mol. The first kappa shape index (κ1) is 21.5. The van der Waals surface area contributed by atoms with Gasteiger partial charge in [-0.25, -0.2) is 9.78 Å². The summed E-state index contributed by atoms with van der Waals surface area (Å²) in [6, 6.07) is 14.5. The van der Waals surface area contributed by atoms with Crippen molar-refractivity contribution in [3.05, 3.63) is 83.4 Å². The van der Waals surface area contributed by atoms with Crippen molar-refractivity contribution in [1.82, 2.24) is 14.5 Å². The van der Waals surface area contributed by atoms with Crippen LogP contribution in [0.1, 0.15) is 15.9 Å². The van der Waals surface area contributed by atoms with Crippen molar-refractivity contribution in [3.63, 3.8) is 0 Å². The molecule has 2 aliphatic rings. The Labute approximate surface area is 196 Å². The zero-order valence-electron chi connectivity index (χ0n) is 17.9. The fraction of sp³-hybridized carbons (Fsp3) is 0.292. The van der Waals surface area contributed by atoms with Crippen LogP contribution in [0, 0.1) is 0 Å². The van der Waals surface area contributed by atoms with Crippen LogP contribution in [0.2, 0.25) is 5.02 Å². The molecule has 170 valence electrons. The molecule has 2 amide bonds. The zero-order valence-corrected chi connectivity index (χ0v) is 18.6. The SMILES string of the molecule is O=C(c1ccccc1Cn1ccnc1)N1CCOCC2(C1)CN(c1ccc(Cl)cc1)C(=O)O2. The van der Waals surface area contributed by atoms with Crippen LogP contribution in [0.4, 0.5) is 10.5 Å². The zero-order chi connectivity index (χ0) is 22.8. The number of nitrogens with zero attached hydrogens (tertiary/aromatic N) is 4. The van der Waals surface area contributed by atoms with Crippen LogP contribution in [0.25, 0.3) is 0 Å². The molecule has 2 saturated heterocycles. The summed E-state index contributed by atoms with van der Waals surface area (Å²) in [5.74, 6) is -0.114. The maximum absolute atomic E-state index is 13.6. The third-order valence-electron chi connectivity index (χ3n) is 5.91. The number of carbonyl (C=O) groups is 2. The number of ether oxygens (including phenoxy) is 2. The quantitative estimate of drug-likeness (QED) is 0.588. The first-order valence-corrected chi connectivity index (χ1v) is 11.1. The Balaban J connectivity index is 1.38. The lowest BCUT2D eigenvalue weighted by Gasteiger charge is -2.30. The Morgan fingerprint density at radius 1 is 1.12 bits per heavy atom. The summed E-state index contributed by atoms with van der Waals surface area (Å²) in [5.41, 5.74) is 1.25. The Hall–Kier alpha value is -3.36. The van der Waals surface area contributed by atoms with E-state index in [9.17, 15) is 9.59 Å². The molecule has 1 atom stereocenters. The lowest BCUT2D eigenvalue weighted by Crippen LogP contribution is -2.49. The first-order valence-electron chi connectivity index (χ1n) is 10.7. The van der Waals surface area contributed by atoms with Gasteiger partial charge in [0.25, 0.3) is 5.91 Å². The lowest BCUT2D eigenvalue weighted by atomic mass is 10.0. The molecule has 9 heteroatoms. The van der Waals surface area contributed by atoms with Gasteiger partial charge in [0.05, 0.1) is 32.6 Å². The highest BCUT2D eigenvalue weighted by Crippen LogP contribution is 2.31.